The monoisotopic (exact) mass is 1180 g/mol. The van der Waals surface area contributed by atoms with Gasteiger partial charge in [0.05, 0.1) is 65.7 Å². The van der Waals surface area contributed by atoms with E-state index in [4.69, 9.17) is 36.6 Å². The molecule has 1 unspecified atom stereocenters. The number of halogens is 2. The van der Waals surface area contributed by atoms with Gasteiger partial charge in [-0.3, -0.25) is 40.9 Å². The summed E-state index contributed by atoms with van der Waals surface area (Å²) in [4.78, 5) is 27.2. The minimum absolute atomic E-state index is 0.00770. The lowest BCUT2D eigenvalue weighted by Gasteiger charge is -2.16. The third-order valence-corrected chi connectivity index (χ3v) is 16.7. The number of hydrogen-bond donors (Lipinski definition) is 0. The van der Waals surface area contributed by atoms with Gasteiger partial charge in [-0.15, -0.1) is 11.8 Å². The highest BCUT2D eigenvalue weighted by molar-refractivity contribution is 7.98. The summed E-state index contributed by atoms with van der Waals surface area (Å²) in [5, 5.41) is 0. The Morgan fingerprint density at radius 2 is 0.935 bits per heavy atom. The summed E-state index contributed by atoms with van der Waals surface area (Å²) in [5.41, 5.74) is 10.3. The largest absolute Gasteiger partial charge is 0.474 e. The Bertz CT molecular complexity index is 2850. The lowest BCUT2D eigenvalue weighted by molar-refractivity contribution is -0.143. The third kappa shape index (κ3) is 20.2. The van der Waals surface area contributed by atoms with Gasteiger partial charge >= 0.3 is 27.6 Å². The number of benzene rings is 4. The van der Waals surface area contributed by atoms with Crippen LogP contribution >= 0.6 is 35.4 Å². The summed E-state index contributed by atoms with van der Waals surface area (Å²) in [6.45, 7) is 12.2. The Hall–Kier alpha value is -4.12. The molecule has 77 heavy (non-hydrogen) atoms. The first-order valence-electron chi connectivity index (χ1n) is 25.1. The fraction of sp³-hybridized carbons (Fsp3) is 0.393. The summed E-state index contributed by atoms with van der Waals surface area (Å²) in [7, 11) is -5.60. The molecule has 0 saturated carbocycles. The van der Waals surface area contributed by atoms with Gasteiger partial charge in [-0.2, -0.15) is 0 Å². The van der Waals surface area contributed by atoms with Crippen LogP contribution in [-0.2, 0) is 77.9 Å². The maximum atomic E-state index is 14.1. The minimum Gasteiger partial charge on any atom is -0.465 e. The molecular formula is C56H69F2O13P3S3. The second kappa shape index (κ2) is 33.5. The lowest BCUT2D eigenvalue weighted by atomic mass is 10.0. The first kappa shape index (κ1) is 65.4. The van der Waals surface area contributed by atoms with Crippen LogP contribution in [0.5, 0.6) is 0 Å². The molecule has 0 heterocycles. The van der Waals surface area contributed by atoms with Crippen molar-refractivity contribution in [3.05, 3.63) is 141 Å². The highest BCUT2D eigenvalue weighted by atomic mass is 32.4. The van der Waals surface area contributed by atoms with Gasteiger partial charge in [0.15, 0.2) is 0 Å². The fourth-order valence-corrected chi connectivity index (χ4v) is 11.5. The van der Waals surface area contributed by atoms with E-state index in [1.165, 1.54) is 29.2 Å². The van der Waals surface area contributed by atoms with Crippen LogP contribution in [-0.4, -0.2) is 81.5 Å². The molecule has 2 aliphatic rings. The molecule has 13 nitrogen and oxygen atoms in total. The van der Waals surface area contributed by atoms with E-state index in [1.807, 2.05) is 62.6 Å². The number of phosphoric acid groups is 2. The smallest absolute Gasteiger partial charge is 0.465 e. The minimum atomic E-state index is -3.55. The second-order valence-electron chi connectivity index (χ2n) is 16.9. The van der Waals surface area contributed by atoms with E-state index >= 15 is 0 Å². The van der Waals surface area contributed by atoms with Crippen molar-refractivity contribution < 1.29 is 68.3 Å². The highest BCUT2D eigenvalue weighted by Gasteiger charge is 2.29. The van der Waals surface area contributed by atoms with Gasteiger partial charge < -0.3 is 9.47 Å². The predicted octanol–water partition coefficient (Wildman–Crippen LogP) is 15.2. The Kier molecular flexibility index (Phi) is 28.4. The van der Waals surface area contributed by atoms with Crippen LogP contribution in [0, 0.1) is 11.6 Å². The van der Waals surface area contributed by atoms with Gasteiger partial charge in [-0.1, -0.05) is 48.2 Å². The zero-order valence-electron chi connectivity index (χ0n) is 44.8. The Morgan fingerprint density at radius 1 is 0.571 bits per heavy atom. The topological polar surface area (TPSA) is 159 Å². The SMILES string of the molecule is CCOP(=O)(OCC)OCCCCOC(=O)CC1=C(C)/C(=C/c2ccc(S(C)=O)cc2)c2ccc(F)cc21.CCOP(=O)(OCC)OCCCCOC(=O)CC1=C(C)/C(=C/c2ccc(SC)cc2)c2ccc(F)cc21.P=S. The summed E-state index contributed by atoms with van der Waals surface area (Å²) < 4.78 is 106. The number of hydrogen-bond acceptors (Lipinski definition) is 15. The van der Waals surface area contributed by atoms with E-state index < -0.39 is 32.4 Å². The molecule has 0 amide bonds. The van der Waals surface area contributed by atoms with Crippen molar-refractivity contribution in [1.29, 1.82) is 0 Å². The first-order chi connectivity index (χ1) is 37.0. The number of esters is 2. The number of fused-ring (bicyclic) bond motifs is 2. The average molecular weight is 1180 g/mol. The molecule has 418 valence electrons. The molecule has 0 saturated heterocycles. The molecule has 21 heteroatoms. The average Bonchev–Trinajstić information content (AvgIpc) is 3.82. The number of carbonyl (C=O) groups excluding carboxylic acids is 2. The van der Waals surface area contributed by atoms with Crippen molar-refractivity contribution in [2.75, 3.05) is 65.4 Å². The molecule has 0 aliphatic heterocycles. The normalized spacial score (nSPS) is 14.4. The molecule has 1 atom stereocenters. The van der Waals surface area contributed by atoms with Crippen molar-refractivity contribution in [2.45, 2.75) is 89.9 Å². The molecule has 0 spiro atoms. The molecular weight excluding hydrogens is 1110 g/mol. The number of unbranched alkanes of at least 4 members (excludes halogenated alkanes) is 2. The molecule has 4 aromatic carbocycles. The number of phosphoric ester groups is 2. The van der Waals surface area contributed by atoms with Crippen LogP contribution < -0.4 is 0 Å². The van der Waals surface area contributed by atoms with Crippen LogP contribution in [0.2, 0.25) is 0 Å². The molecule has 2 aliphatic carbocycles. The van der Waals surface area contributed by atoms with Gasteiger partial charge in [0.25, 0.3) is 0 Å². The summed E-state index contributed by atoms with van der Waals surface area (Å²) in [5.74, 6) is -1.53. The van der Waals surface area contributed by atoms with Crippen molar-refractivity contribution in [3.8, 4) is 0 Å². The highest BCUT2D eigenvalue weighted by Crippen LogP contribution is 2.50. The van der Waals surface area contributed by atoms with Gasteiger partial charge in [-0.05, 0) is 209 Å². The number of rotatable bonds is 28. The maximum Gasteiger partial charge on any atom is 0.474 e. The molecule has 0 radical (unpaired) electrons. The third-order valence-electron chi connectivity index (χ3n) is 11.8. The zero-order valence-corrected chi connectivity index (χ0v) is 50.1. The van der Waals surface area contributed by atoms with Gasteiger partial charge in [0.1, 0.15) is 11.6 Å². The Morgan fingerprint density at radius 3 is 1.29 bits per heavy atom. The van der Waals surface area contributed by atoms with Crippen LogP contribution in [0.1, 0.15) is 113 Å². The molecule has 0 fully saturated rings. The van der Waals surface area contributed by atoms with Crippen LogP contribution in [0.4, 0.5) is 8.78 Å². The number of carbonyl (C=O) groups is 2. The van der Waals surface area contributed by atoms with E-state index in [0.29, 0.717) is 31.2 Å². The quantitative estimate of drug-likeness (QED) is 0.0229. The number of allylic oxidation sites excluding steroid dienone is 4. The Labute approximate surface area is 466 Å². The zero-order chi connectivity index (χ0) is 56.5. The maximum absolute atomic E-state index is 14.1. The standard InChI is InChI=1S/C28H34FO7PS.C28H34FO6PS.HPS/c1-5-34-37(31,35-6-2)36-16-8-7-15-33-28(30)19-26-20(3)25(24-14-11-22(29)18-27(24)26)17-21-9-12-23(13-10-21)38(4)32;1-5-33-36(31,34-6-2)35-16-8-7-15-32-28(30)19-26-20(3)25(24-14-11-22(29)18-27(24)26)17-21-9-12-23(37-4)13-10-21;1-2/h9-14,17-18H,5-8,15-16,19H2,1-4H3;9-14,17-18H,5-8,15-16,19H2,1-4H3;1H/b2*25-17-;. The van der Waals surface area contributed by atoms with Crippen molar-refractivity contribution >= 4 is 104 Å². The van der Waals surface area contributed by atoms with Crippen molar-refractivity contribution in [1.82, 2.24) is 0 Å². The number of thioether (sulfide) groups is 1. The molecule has 0 N–H and O–H groups in total. The van der Waals surface area contributed by atoms with Gasteiger partial charge in [-0.25, -0.2) is 17.9 Å². The van der Waals surface area contributed by atoms with E-state index in [1.54, 1.807) is 57.8 Å². The van der Waals surface area contributed by atoms with Gasteiger partial charge in [0.2, 0.25) is 0 Å². The van der Waals surface area contributed by atoms with Crippen LogP contribution in [0.3, 0.4) is 0 Å². The van der Waals surface area contributed by atoms with Gasteiger partial charge in [0, 0.05) is 26.8 Å². The van der Waals surface area contributed by atoms with E-state index in [9.17, 15) is 31.7 Å². The van der Waals surface area contributed by atoms with E-state index in [-0.39, 0.29) is 83.3 Å². The molecule has 6 rings (SSSR count). The summed E-state index contributed by atoms with van der Waals surface area (Å²) in [6.07, 6.45) is 9.84. The second-order valence-corrected chi connectivity index (χ2v) is 22.5. The Balaban J connectivity index is 0.000000322. The lowest BCUT2D eigenvalue weighted by Crippen LogP contribution is -2.08. The number of ether oxygens (including phenoxy) is 2. The van der Waals surface area contributed by atoms with Crippen LogP contribution in [0.25, 0.3) is 34.4 Å². The summed E-state index contributed by atoms with van der Waals surface area (Å²) >= 11 is 5.57. The molecule has 0 aromatic heterocycles. The molecule has 0 bridgehead atoms. The van der Waals surface area contributed by atoms with Crippen molar-refractivity contribution in [3.63, 3.8) is 0 Å². The summed E-state index contributed by atoms with van der Waals surface area (Å²) in [6, 6.07) is 24.9. The van der Waals surface area contributed by atoms with Crippen LogP contribution in [0.15, 0.2) is 106 Å². The van der Waals surface area contributed by atoms with E-state index in [2.05, 4.69) is 38.0 Å². The molecule has 4 aromatic rings. The van der Waals surface area contributed by atoms with Crippen molar-refractivity contribution in [2.24, 2.45) is 0 Å². The first-order valence-corrected chi connectivity index (χ1v) is 32.4. The van der Waals surface area contributed by atoms with E-state index in [0.717, 1.165) is 66.2 Å². The predicted molar refractivity (Wildman–Crippen MR) is 310 cm³/mol. The fourth-order valence-electron chi connectivity index (χ4n) is 8.13.